The third-order valence-corrected chi connectivity index (χ3v) is 7.05. The summed E-state index contributed by atoms with van der Waals surface area (Å²) in [6, 6.07) is -2.64. The lowest BCUT2D eigenvalue weighted by molar-refractivity contribution is -0.143. The van der Waals surface area contributed by atoms with Crippen LogP contribution in [-0.2, 0) is 23.9 Å². The van der Waals surface area contributed by atoms with Gasteiger partial charge in [-0.25, -0.2) is 4.79 Å². The highest BCUT2D eigenvalue weighted by Crippen LogP contribution is 2.29. The van der Waals surface area contributed by atoms with E-state index in [2.05, 4.69) is 29.1 Å². The zero-order chi connectivity index (χ0) is 29.0. The van der Waals surface area contributed by atoms with Crippen LogP contribution >= 0.6 is 0 Å². The van der Waals surface area contributed by atoms with Crippen LogP contribution in [-0.4, -0.2) is 71.3 Å². The first-order valence-electron chi connectivity index (χ1n) is 14.1. The molecule has 218 valence electrons. The van der Waals surface area contributed by atoms with Gasteiger partial charge in [-0.2, -0.15) is 0 Å². The van der Waals surface area contributed by atoms with Gasteiger partial charge in [0, 0.05) is 13.1 Å². The van der Waals surface area contributed by atoms with Crippen LogP contribution in [0.2, 0.25) is 0 Å². The Balaban J connectivity index is 2.17. The summed E-state index contributed by atoms with van der Waals surface area (Å²) >= 11 is 0. The van der Waals surface area contributed by atoms with E-state index in [1.54, 1.807) is 32.9 Å². The molecule has 2 unspecified atom stereocenters. The van der Waals surface area contributed by atoms with Crippen LogP contribution in [0.15, 0.2) is 25.3 Å². The SMILES string of the molecule is C=CCCNC(=O)C(=O)C(CCC=C)NC(=O)[C@@H]1CCCN1C(=O)C(NC(=O)OC(C)(C)C)C1CCCCC1. The number of alkyl carbamates (subject to hydrolysis) is 1. The van der Waals surface area contributed by atoms with Crippen molar-refractivity contribution in [3.63, 3.8) is 0 Å². The summed E-state index contributed by atoms with van der Waals surface area (Å²) in [6.45, 7) is 13.2. The Kier molecular flexibility index (Phi) is 12.7. The molecule has 3 N–H and O–H groups in total. The minimum atomic E-state index is -1.04. The number of nitrogens with zero attached hydrogens (tertiary/aromatic N) is 1. The molecule has 0 spiro atoms. The van der Waals surface area contributed by atoms with Crippen molar-refractivity contribution >= 4 is 29.6 Å². The molecule has 0 radical (unpaired) electrons. The van der Waals surface area contributed by atoms with Gasteiger partial charge in [-0.3, -0.25) is 19.2 Å². The molecule has 0 aromatic heterocycles. The zero-order valence-corrected chi connectivity index (χ0v) is 23.8. The van der Waals surface area contributed by atoms with Gasteiger partial charge in [0.1, 0.15) is 17.7 Å². The molecule has 2 aliphatic rings. The first kappa shape index (κ1) is 32.0. The van der Waals surface area contributed by atoms with Crippen molar-refractivity contribution < 1.29 is 28.7 Å². The van der Waals surface area contributed by atoms with Crippen LogP contribution in [0.4, 0.5) is 4.79 Å². The van der Waals surface area contributed by atoms with Crippen molar-refractivity contribution in [3.8, 4) is 0 Å². The van der Waals surface area contributed by atoms with Gasteiger partial charge in [-0.15, -0.1) is 13.2 Å². The summed E-state index contributed by atoms with van der Waals surface area (Å²) in [7, 11) is 0. The molecule has 1 aliphatic carbocycles. The fourth-order valence-electron chi connectivity index (χ4n) is 5.12. The highest BCUT2D eigenvalue weighted by molar-refractivity contribution is 6.38. The fourth-order valence-corrected chi connectivity index (χ4v) is 5.12. The molecule has 2 fully saturated rings. The molecule has 0 aromatic rings. The van der Waals surface area contributed by atoms with E-state index in [4.69, 9.17) is 4.74 Å². The molecule has 39 heavy (non-hydrogen) atoms. The quantitative estimate of drug-likeness (QED) is 0.185. The van der Waals surface area contributed by atoms with Gasteiger partial charge in [0.2, 0.25) is 17.6 Å². The summed E-state index contributed by atoms with van der Waals surface area (Å²) in [5, 5.41) is 8.06. The highest BCUT2D eigenvalue weighted by Gasteiger charge is 2.42. The first-order chi connectivity index (χ1) is 18.5. The summed E-state index contributed by atoms with van der Waals surface area (Å²) in [5.74, 6) is -2.37. The molecule has 1 saturated carbocycles. The molecule has 4 amide bonds. The van der Waals surface area contributed by atoms with Gasteiger partial charge in [0.25, 0.3) is 5.91 Å². The van der Waals surface area contributed by atoms with E-state index in [-0.39, 0.29) is 24.8 Å². The van der Waals surface area contributed by atoms with E-state index >= 15 is 0 Å². The Hall–Kier alpha value is -3.17. The Labute approximate surface area is 232 Å². The standard InChI is InChI=1S/C29H46N4O6/c1-6-8-16-21(24(34)26(36)30-18-9-7-2)31-25(35)22-17-13-19-33(22)27(37)23(20-14-11-10-12-15-20)32-28(38)39-29(3,4)5/h6-7,20-23H,1-2,8-19H2,3-5H3,(H,30,36)(H,31,35)(H,32,38)/t21?,22-,23?/m0/s1. The van der Waals surface area contributed by atoms with Crippen molar-refractivity contribution in [1.82, 2.24) is 20.9 Å². The first-order valence-corrected chi connectivity index (χ1v) is 14.1. The predicted octanol–water partition coefficient (Wildman–Crippen LogP) is 3.16. The normalized spacial score (nSPS) is 19.4. The van der Waals surface area contributed by atoms with Crippen LogP contribution in [0.5, 0.6) is 0 Å². The number of Topliss-reactive ketones (excluding diaryl/α,β-unsaturated/α-hetero) is 1. The Morgan fingerprint density at radius 1 is 0.949 bits per heavy atom. The van der Waals surface area contributed by atoms with Crippen molar-refractivity contribution in [2.24, 2.45) is 5.92 Å². The van der Waals surface area contributed by atoms with Crippen LogP contribution in [0.3, 0.4) is 0 Å². The van der Waals surface area contributed by atoms with Gasteiger partial charge in [0.05, 0.1) is 6.04 Å². The van der Waals surface area contributed by atoms with E-state index in [9.17, 15) is 24.0 Å². The lowest BCUT2D eigenvalue weighted by atomic mass is 9.83. The smallest absolute Gasteiger partial charge is 0.408 e. The third kappa shape index (κ3) is 10.1. The van der Waals surface area contributed by atoms with E-state index < -0.39 is 47.4 Å². The monoisotopic (exact) mass is 546 g/mol. The zero-order valence-electron chi connectivity index (χ0n) is 23.8. The number of amides is 4. The van der Waals surface area contributed by atoms with E-state index in [1.165, 1.54) is 4.90 Å². The fraction of sp³-hybridized carbons (Fsp3) is 0.690. The number of carbonyl (C=O) groups is 5. The maximum absolute atomic E-state index is 13.8. The highest BCUT2D eigenvalue weighted by atomic mass is 16.6. The maximum Gasteiger partial charge on any atom is 0.408 e. The van der Waals surface area contributed by atoms with Gasteiger partial charge in [-0.05, 0) is 71.6 Å². The molecular weight excluding hydrogens is 500 g/mol. The van der Waals surface area contributed by atoms with E-state index in [1.807, 2.05) is 0 Å². The van der Waals surface area contributed by atoms with Crippen molar-refractivity contribution in [2.45, 2.75) is 109 Å². The molecule has 0 bridgehead atoms. The topological polar surface area (TPSA) is 134 Å². The van der Waals surface area contributed by atoms with Crippen molar-refractivity contribution in [1.29, 1.82) is 0 Å². The summed E-state index contributed by atoms with van der Waals surface area (Å²) in [4.78, 5) is 66.6. The van der Waals surface area contributed by atoms with E-state index in [0.29, 0.717) is 32.2 Å². The number of nitrogens with one attached hydrogen (secondary N) is 3. The Morgan fingerprint density at radius 3 is 2.23 bits per heavy atom. The summed E-state index contributed by atoms with van der Waals surface area (Å²) < 4.78 is 5.43. The number of allylic oxidation sites excluding steroid dienone is 1. The van der Waals surface area contributed by atoms with Gasteiger partial charge < -0.3 is 25.6 Å². The number of ether oxygens (including phenoxy) is 1. The minimum Gasteiger partial charge on any atom is -0.444 e. The second kappa shape index (κ2) is 15.4. The maximum atomic E-state index is 13.8. The molecule has 3 atom stereocenters. The Bertz CT molecular complexity index is 906. The molecular formula is C29H46N4O6. The average Bonchev–Trinajstić information content (AvgIpc) is 3.38. The summed E-state index contributed by atoms with van der Waals surface area (Å²) in [6.07, 6.45) is 9.40. The van der Waals surface area contributed by atoms with Gasteiger partial charge in [-0.1, -0.05) is 31.4 Å². The number of hydrogen-bond donors (Lipinski definition) is 3. The molecule has 1 heterocycles. The number of likely N-dealkylation sites (tertiary alicyclic amines) is 1. The third-order valence-electron chi connectivity index (χ3n) is 7.05. The summed E-state index contributed by atoms with van der Waals surface area (Å²) in [5.41, 5.74) is -0.717. The Morgan fingerprint density at radius 2 is 1.62 bits per heavy atom. The van der Waals surface area contributed by atoms with Crippen LogP contribution in [0, 0.1) is 5.92 Å². The van der Waals surface area contributed by atoms with Gasteiger partial charge >= 0.3 is 6.09 Å². The van der Waals surface area contributed by atoms with Crippen LogP contribution < -0.4 is 16.0 Å². The minimum absolute atomic E-state index is 0.0516. The molecule has 10 nitrogen and oxygen atoms in total. The lowest BCUT2D eigenvalue weighted by Gasteiger charge is -2.35. The lowest BCUT2D eigenvalue weighted by Crippen LogP contribution is -2.58. The number of hydrogen-bond acceptors (Lipinski definition) is 6. The van der Waals surface area contributed by atoms with Crippen molar-refractivity contribution in [2.75, 3.05) is 13.1 Å². The van der Waals surface area contributed by atoms with E-state index in [0.717, 1.165) is 32.1 Å². The van der Waals surface area contributed by atoms with Crippen molar-refractivity contribution in [3.05, 3.63) is 25.3 Å². The van der Waals surface area contributed by atoms with Crippen LogP contribution in [0.1, 0.15) is 85.0 Å². The second-order valence-electron chi connectivity index (χ2n) is 11.3. The largest absolute Gasteiger partial charge is 0.444 e. The molecule has 0 aromatic carbocycles. The second-order valence-corrected chi connectivity index (χ2v) is 11.3. The average molecular weight is 547 g/mol. The number of carbonyl (C=O) groups excluding carboxylic acids is 5. The predicted molar refractivity (Wildman–Crippen MR) is 149 cm³/mol. The number of ketones is 1. The number of rotatable bonds is 13. The molecule has 1 aliphatic heterocycles. The van der Waals surface area contributed by atoms with Gasteiger partial charge in [0.15, 0.2) is 0 Å². The molecule has 2 rings (SSSR count). The molecule has 1 saturated heterocycles. The van der Waals surface area contributed by atoms with Crippen LogP contribution in [0.25, 0.3) is 0 Å². The molecule has 10 heteroatoms.